The summed E-state index contributed by atoms with van der Waals surface area (Å²) in [5.41, 5.74) is 0.981. The predicted octanol–water partition coefficient (Wildman–Crippen LogP) is 2.72. The molecule has 0 aliphatic carbocycles. The Labute approximate surface area is 142 Å². The molecule has 0 aliphatic heterocycles. The molecule has 0 saturated heterocycles. The summed E-state index contributed by atoms with van der Waals surface area (Å²) >= 11 is 0. The number of nitrogens with one attached hydrogen (secondary N) is 2. The lowest BCUT2D eigenvalue weighted by molar-refractivity contribution is 0.233. The fourth-order valence-corrected chi connectivity index (χ4v) is 2.40. The lowest BCUT2D eigenvalue weighted by Crippen LogP contribution is -2.39. The van der Waals surface area contributed by atoms with E-state index in [9.17, 15) is 4.79 Å². The van der Waals surface area contributed by atoms with Gasteiger partial charge in [-0.1, -0.05) is 12.1 Å². The Balaban J connectivity index is 1.95. The van der Waals surface area contributed by atoms with E-state index in [4.69, 9.17) is 4.74 Å². The van der Waals surface area contributed by atoms with Crippen LogP contribution in [-0.2, 0) is 7.05 Å². The highest BCUT2D eigenvalue weighted by Gasteiger charge is 2.16. The minimum absolute atomic E-state index is 0.110. The van der Waals surface area contributed by atoms with Gasteiger partial charge in [0.2, 0.25) is 0 Å². The zero-order chi connectivity index (χ0) is 17.7. The van der Waals surface area contributed by atoms with Crippen molar-refractivity contribution in [1.29, 1.82) is 0 Å². The predicted molar refractivity (Wildman–Crippen MR) is 91.7 cm³/mol. The normalized spacial score (nSPS) is 13.4. The van der Waals surface area contributed by atoms with Crippen molar-refractivity contribution in [2.75, 3.05) is 0 Å². The number of ether oxygens (including phenoxy) is 1. The van der Waals surface area contributed by atoms with Crippen LogP contribution in [0.5, 0.6) is 5.75 Å². The molecule has 0 radical (unpaired) electrons. The van der Waals surface area contributed by atoms with Gasteiger partial charge in [-0.2, -0.15) is 0 Å². The van der Waals surface area contributed by atoms with Crippen LogP contribution in [0.2, 0.25) is 0 Å². The molecule has 0 saturated carbocycles. The molecule has 130 valence electrons. The van der Waals surface area contributed by atoms with E-state index in [0.29, 0.717) is 5.82 Å². The first-order valence-corrected chi connectivity index (χ1v) is 8.04. The highest BCUT2D eigenvalue weighted by atomic mass is 16.5. The van der Waals surface area contributed by atoms with Crippen molar-refractivity contribution in [3.8, 4) is 5.75 Å². The molecule has 2 atom stereocenters. The molecular formula is C17H25N5O2. The van der Waals surface area contributed by atoms with E-state index >= 15 is 0 Å². The van der Waals surface area contributed by atoms with Gasteiger partial charge in [-0.15, -0.1) is 10.2 Å². The summed E-state index contributed by atoms with van der Waals surface area (Å²) in [5, 5.41) is 13.6. The second kappa shape index (κ2) is 7.81. The first-order chi connectivity index (χ1) is 11.4. The molecule has 1 aromatic carbocycles. The Kier molecular flexibility index (Phi) is 5.78. The standard InChI is InChI=1S/C17H25N5O2/c1-11(2)24-15-8-6-7-14(9-15)12(3)19-17(23)20-13(4)16-21-18-10-22(16)5/h6-13H,1-5H3,(H2,19,20,23). The molecule has 0 fully saturated rings. The molecule has 24 heavy (non-hydrogen) atoms. The molecule has 7 heteroatoms. The minimum Gasteiger partial charge on any atom is -0.491 e. The molecule has 2 aromatic rings. The Bertz CT molecular complexity index is 683. The topological polar surface area (TPSA) is 81.1 Å². The average Bonchev–Trinajstić information content (AvgIpc) is 2.93. The zero-order valence-corrected chi connectivity index (χ0v) is 14.8. The number of hydrogen-bond acceptors (Lipinski definition) is 4. The van der Waals surface area contributed by atoms with Crippen molar-refractivity contribution in [3.63, 3.8) is 0 Å². The second-order valence-electron chi connectivity index (χ2n) is 6.10. The largest absolute Gasteiger partial charge is 0.491 e. The van der Waals surface area contributed by atoms with Gasteiger partial charge in [0.1, 0.15) is 12.1 Å². The fourth-order valence-electron chi connectivity index (χ4n) is 2.40. The van der Waals surface area contributed by atoms with E-state index in [0.717, 1.165) is 11.3 Å². The molecule has 2 N–H and O–H groups in total. The second-order valence-corrected chi connectivity index (χ2v) is 6.10. The molecule has 0 spiro atoms. The summed E-state index contributed by atoms with van der Waals surface area (Å²) in [6, 6.07) is 7.10. The van der Waals surface area contributed by atoms with Crippen LogP contribution in [0, 0.1) is 0 Å². The first-order valence-electron chi connectivity index (χ1n) is 8.04. The number of rotatable bonds is 6. The van der Waals surface area contributed by atoms with Gasteiger partial charge in [-0.05, 0) is 45.4 Å². The number of benzene rings is 1. The van der Waals surface area contributed by atoms with Gasteiger partial charge in [0.25, 0.3) is 0 Å². The van der Waals surface area contributed by atoms with Gasteiger partial charge < -0.3 is 19.9 Å². The molecule has 2 unspecified atom stereocenters. The first kappa shape index (κ1) is 17.8. The quantitative estimate of drug-likeness (QED) is 0.853. The van der Waals surface area contributed by atoms with E-state index in [2.05, 4.69) is 20.8 Å². The van der Waals surface area contributed by atoms with Gasteiger partial charge in [0.15, 0.2) is 5.82 Å². The molecule has 2 amide bonds. The Morgan fingerprint density at radius 3 is 2.50 bits per heavy atom. The van der Waals surface area contributed by atoms with Crippen molar-refractivity contribution in [2.24, 2.45) is 7.05 Å². The third-order valence-electron chi connectivity index (χ3n) is 3.56. The lowest BCUT2D eigenvalue weighted by atomic mass is 10.1. The van der Waals surface area contributed by atoms with Gasteiger partial charge in [-0.3, -0.25) is 0 Å². The number of carbonyl (C=O) groups is 1. The third-order valence-corrected chi connectivity index (χ3v) is 3.56. The maximum atomic E-state index is 12.2. The molecule has 0 bridgehead atoms. The summed E-state index contributed by atoms with van der Waals surface area (Å²) in [7, 11) is 1.84. The summed E-state index contributed by atoms with van der Waals surface area (Å²) in [5.74, 6) is 1.49. The van der Waals surface area contributed by atoms with Crippen molar-refractivity contribution >= 4 is 6.03 Å². The van der Waals surface area contributed by atoms with E-state index in [1.807, 2.05) is 59.0 Å². The molecule has 7 nitrogen and oxygen atoms in total. The van der Waals surface area contributed by atoms with Gasteiger partial charge in [0, 0.05) is 7.05 Å². The maximum absolute atomic E-state index is 12.2. The van der Waals surface area contributed by atoms with Crippen molar-refractivity contribution in [2.45, 2.75) is 45.9 Å². The zero-order valence-electron chi connectivity index (χ0n) is 14.8. The van der Waals surface area contributed by atoms with Crippen LogP contribution in [0.15, 0.2) is 30.6 Å². The van der Waals surface area contributed by atoms with Crippen molar-refractivity contribution in [1.82, 2.24) is 25.4 Å². The van der Waals surface area contributed by atoms with E-state index in [1.165, 1.54) is 0 Å². The van der Waals surface area contributed by atoms with Crippen molar-refractivity contribution in [3.05, 3.63) is 42.0 Å². The van der Waals surface area contributed by atoms with Gasteiger partial charge in [0.05, 0.1) is 18.2 Å². The number of carbonyl (C=O) groups excluding carboxylic acids is 1. The van der Waals surface area contributed by atoms with Gasteiger partial charge in [-0.25, -0.2) is 4.79 Å². The summed E-state index contributed by atoms with van der Waals surface area (Å²) in [6.45, 7) is 7.76. The Hall–Kier alpha value is -2.57. The number of aromatic nitrogens is 3. The van der Waals surface area contributed by atoms with Crippen LogP contribution in [0.1, 0.15) is 51.2 Å². The highest BCUT2D eigenvalue weighted by molar-refractivity contribution is 5.74. The number of amides is 2. The summed E-state index contributed by atoms with van der Waals surface area (Å²) in [4.78, 5) is 12.2. The Morgan fingerprint density at radius 2 is 1.88 bits per heavy atom. The minimum atomic E-state index is -0.256. The van der Waals surface area contributed by atoms with Crippen LogP contribution in [0.25, 0.3) is 0 Å². The smallest absolute Gasteiger partial charge is 0.315 e. The maximum Gasteiger partial charge on any atom is 0.315 e. The molecule has 2 rings (SSSR count). The van der Waals surface area contributed by atoms with Gasteiger partial charge >= 0.3 is 6.03 Å². The van der Waals surface area contributed by atoms with E-state index in [-0.39, 0.29) is 24.2 Å². The monoisotopic (exact) mass is 331 g/mol. The van der Waals surface area contributed by atoms with E-state index in [1.54, 1.807) is 10.9 Å². The lowest BCUT2D eigenvalue weighted by Gasteiger charge is -2.19. The number of aryl methyl sites for hydroxylation is 1. The number of nitrogens with zero attached hydrogens (tertiary/aromatic N) is 3. The van der Waals surface area contributed by atoms with E-state index < -0.39 is 0 Å². The Morgan fingerprint density at radius 1 is 1.17 bits per heavy atom. The SMILES string of the molecule is CC(C)Oc1cccc(C(C)NC(=O)NC(C)c2nncn2C)c1. The average molecular weight is 331 g/mol. The van der Waals surface area contributed by atoms with Crippen molar-refractivity contribution < 1.29 is 9.53 Å². The highest BCUT2D eigenvalue weighted by Crippen LogP contribution is 2.20. The number of hydrogen-bond donors (Lipinski definition) is 2. The number of urea groups is 1. The van der Waals surface area contributed by atoms with Crippen LogP contribution >= 0.6 is 0 Å². The van der Waals surface area contributed by atoms with Crippen LogP contribution in [-0.4, -0.2) is 26.9 Å². The molecule has 1 aromatic heterocycles. The fraction of sp³-hybridized carbons (Fsp3) is 0.471. The van der Waals surface area contributed by atoms with Crippen LogP contribution in [0.4, 0.5) is 4.79 Å². The molecule has 1 heterocycles. The van der Waals surface area contributed by atoms with Crippen LogP contribution in [0.3, 0.4) is 0 Å². The molecular weight excluding hydrogens is 306 g/mol. The summed E-state index contributed by atoms with van der Waals surface area (Å²) < 4.78 is 7.47. The molecule has 0 aliphatic rings. The van der Waals surface area contributed by atoms with Crippen LogP contribution < -0.4 is 15.4 Å². The summed E-state index contributed by atoms with van der Waals surface area (Å²) in [6.07, 6.45) is 1.72. The third kappa shape index (κ3) is 4.71.